The van der Waals surface area contributed by atoms with E-state index in [9.17, 15) is 9.59 Å². The van der Waals surface area contributed by atoms with Crippen molar-refractivity contribution in [1.29, 1.82) is 0 Å². The van der Waals surface area contributed by atoms with Gasteiger partial charge in [0.15, 0.2) is 0 Å². The molecule has 0 radical (unpaired) electrons. The fourth-order valence-corrected chi connectivity index (χ4v) is 2.35. The Morgan fingerprint density at radius 2 is 2.06 bits per heavy atom. The lowest BCUT2D eigenvalue weighted by atomic mass is 9.80. The molecule has 0 fully saturated rings. The smallest absolute Gasteiger partial charge is 0.237 e. The molecule has 2 rings (SSSR count). The second-order valence-corrected chi connectivity index (χ2v) is 4.36. The molecule has 1 heterocycles. The van der Waals surface area contributed by atoms with Crippen LogP contribution < -0.4 is 10.6 Å². The minimum atomic E-state index is -0.808. The van der Waals surface area contributed by atoms with Gasteiger partial charge in [0.05, 0.1) is 5.41 Å². The molecule has 2 N–H and O–H groups in total. The van der Waals surface area contributed by atoms with Crippen molar-refractivity contribution < 1.29 is 9.59 Å². The highest BCUT2D eigenvalue weighted by molar-refractivity contribution is 6.09. The average Bonchev–Trinajstić information content (AvgIpc) is 2.42. The molecule has 4 nitrogen and oxygen atoms in total. The number of carbonyl (C=O) groups excluding carboxylic acids is 2. The van der Waals surface area contributed by atoms with E-state index in [1.54, 1.807) is 18.9 Å². The van der Waals surface area contributed by atoms with Gasteiger partial charge in [0.25, 0.3) is 0 Å². The topological polar surface area (TPSA) is 63.4 Å². The van der Waals surface area contributed by atoms with Crippen molar-refractivity contribution in [3.05, 3.63) is 29.8 Å². The summed E-state index contributed by atoms with van der Waals surface area (Å²) in [6, 6.07) is 7.49. The fraction of sp³-hybridized carbons (Fsp3) is 0.333. The van der Waals surface area contributed by atoms with E-state index in [1.807, 2.05) is 24.3 Å². The Balaban J connectivity index is 2.56. The monoisotopic (exact) mass is 218 g/mol. The van der Waals surface area contributed by atoms with Crippen molar-refractivity contribution >= 4 is 17.5 Å². The number of fused-ring (bicyclic) bond motifs is 1. The summed E-state index contributed by atoms with van der Waals surface area (Å²) >= 11 is 0. The zero-order valence-electron chi connectivity index (χ0n) is 9.36. The molecule has 1 aromatic rings. The summed E-state index contributed by atoms with van der Waals surface area (Å²) in [6.45, 7) is 1.77. The van der Waals surface area contributed by atoms with Crippen LogP contribution in [0.3, 0.4) is 0 Å². The number of carbonyl (C=O) groups is 2. The Kier molecular flexibility index (Phi) is 2.22. The maximum Gasteiger partial charge on any atom is 0.237 e. The van der Waals surface area contributed by atoms with Gasteiger partial charge >= 0.3 is 0 Å². The molecule has 1 unspecified atom stereocenters. The average molecular weight is 218 g/mol. The molecule has 1 atom stereocenters. The lowest BCUT2D eigenvalue weighted by molar-refractivity contribution is -0.127. The van der Waals surface area contributed by atoms with Crippen LogP contribution in [0.5, 0.6) is 0 Å². The second-order valence-electron chi connectivity index (χ2n) is 4.36. The summed E-state index contributed by atoms with van der Waals surface area (Å²) in [5.74, 6) is -0.534. The molecule has 1 aliphatic heterocycles. The highest BCUT2D eigenvalue weighted by Gasteiger charge is 2.46. The molecule has 16 heavy (non-hydrogen) atoms. The molecule has 0 aromatic heterocycles. The van der Waals surface area contributed by atoms with Crippen LogP contribution in [0.4, 0.5) is 5.69 Å². The molecular weight excluding hydrogens is 204 g/mol. The van der Waals surface area contributed by atoms with Gasteiger partial charge in [0.2, 0.25) is 11.8 Å². The van der Waals surface area contributed by atoms with Crippen molar-refractivity contribution in [1.82, 2.24) is 0 Å². The van der Waals surface area contributed by atoms with Crippen LogP contribution in [0.2, 0.25) is 0 Å². The van der Waals surface area contributed by atoms with Crippen molar-refractivity contribution in [2.45, 2.75) is 18.8 Å². The van der Waals surface area contributed by atoms with Crippen molar-refractivity contribution in [3.63, 3.8) is 0 Å². The predicted molar refractivity (Wildman–Crippen MR) is 61.0 cm³/mol. The lowest BCUT2D eigenvalue weighted by Gasteiger charge is -2.21. The quantitative estimate of drug-likeness (QED) is 0.797. The minimum Gasteiger partial charge on any atom is -0.370 e. The Bertz CT molecular complexity index is 470. The first-order valence-electron chi connectivity index (χ1n) is 5.13. The van der Waals surface area contributed by atoms with E-state index in [4.69, 9.17) is 5.73 Å². The first-order valence-corrected chi connectivity index (χ1v) is 5.13. The van der Waals surface area contributed by atoms with Gasteiger partial charge in [-0.05, 0) is 18.6 Å². The van der Waals surface area contributed by atoms with E-state index in [2.05, 4.69) is 0 Å². The van der Waals surface area contributed by atoms with E-state index in [0.717, 1.165) is 11.3 Å². The van der Waals surface area contributed by atoms with Crippen molar-refractivity contribution in [2.75, 3.05) is 11.9 Å². The van der Waals surface area contributed by atoms with Gasteiger partial charge in [-0.15, -0.1) is 0 Å². The van der Waals surface area contributed by atoms with Gasteiger partial charge in [-0.1, -0.05) is 18.2 Å². The van der Waals surface area contributed by atoms with Gasteiger partial charge in [-0.25, -0.2) is 0 Å². The number of amides is 2. The van der Waals surface area contributed by atoms with Crippen molar-refractivity contribution in [3.8, 4) is 0 Å². The number of benzene rings is 1. The standard InChI is InChI=1S/C12H14N2O2/c1-12(7-10(13)15)8-5-3-4-6-9(8)14(2)11(12)16/h3-6H,7H2,1-2H3,(H2,13,15). The SMILES string of the molecule is CN1C(=O)C(C)(CC(N)=O)c2ccccc21. The van der Waals surface area contributed by atoms with E-state index in [0.29, 0.717) is 0 Å². The molecule has 2 amide bonds. The summed E-state index contributed by atoms with van der Waals surface area (Å²) in [6.07, 6.45) is 0.0488. The molecule has 1 aromatic carbocycles. The molecule has 0 saturated heterocycles. The van der Waals surface area contributed by atoms with Gasteiger partial charge in [0, 0.05) is 19.2 Å². The van der Waals surface area contributed by atoms with Gasteiger partial charge in [0.1, 0.15) is 0 Å². The molecular formula is C12H14N2O2. The first-order chi connectivity index (χ1) is 7.47. The number of hydrogen-bond donors (Lipinski definition) is 1. The van der Waals surface area contributed by atoms with Gasteiger partial charge in [-0.3, -0.25) is 9.59 Å². The largest absolute Gasteiger partial charge is 0.370 e. The molecule has 4 heteroatoms. The van der Waals surface area contributed by atoms with Crippen LogP contribution in [0.1, 0.15) is 18.9 Å². The fourth-order valence-electron chi connectivity index (χ4n) is 2.35. The number of hydrogen-bond acceptors (Lipinski definition) is 2. The maximum absolute atomic E-state index is 12.1. The Morgan fingerprint density at radius 1 is 1.44 bits per heavy atom. The second kappa shape index (κ2) is 3.33. The highest BCUT2D eigenvalue weighted by Crippen LogP contribution is 2.42. The summed E-state index contributed by atoms with van der Waals surface area (Å²) in [4.78, 5) is 24.8. The van der Waals surface area contributed by atoms with Crippen LogP contribution in [0.15, 0.2) is 24.3 Å². The zero-order valence-corrected chi connectivity index (χ0v) is 9.36. The number of likely N-dealkylation sites (N-methyl/N-ethyl adjacent to an activating group) is 1. The van der Waals surface area contributed by atoms with E-state index < -0.39 is 11.3 Å². The van der Waals surface area contributed by atoms with E-state index in [-0.39, 0.29) is 12.3 Å². The van der Waals surface area contributed by atoms with E-state index in [1.165, 1.54) is 0 Å². The third-order valence-electron chi connectivity index (χ3n) is 3.16. The minimum absolute atomic E-state index is 0.0488. The normalized spacial score (nSPS) is 23.4. The number of anilines is 1. The maximum atomic E-state index is 12.1. The summed E-state index contributed by atoms with van der Waals surface area (Å²) < 4.78 is 0. The van der Waals surface area contributed by atoms with Gasteiger partial charge < -0.3 is 10.6 Å². The van der Waals surface area contributed by atoms with Crippen LogP contribution >= 0.6 is 0 Å². The summed E-state index contributed by atoms with van der Waals surface area (Å²) in [5, 5.41) is 0. The number of para-hydroxylation sites is 1. The van der Waals surface area contributed by atoms with Crippen molar-refractivity contribution in [2.24, 2.45) is 5.73 Å². The molecule has 0 bridgehead atoms. The first kappa shape index (κ1) is 10.7. The number of rotatable bonds is 2. The van der Waals surface area contributed by atoms with Crippen LogP contribution in [-0.4, -0.2) is 18.9 Å². The summed E-state index contributed by atoms with van der Waals surface area (Å²) in [7, 11) is 1.72. The van der Waals surface area contributed by atoms with Crippen LogP contribution in [0.25, 0.3) is 0 Å². The number of nitrogens with two attached hydrogens (primary N) is 1. The predicted octanol–water partition coefficient (Wildman–Crippen LogP) is 0.796. The van der Waals surface area contributed by atoms with Crippen LogP contribution in [0, 0.1) is 0 Å². The third-order valence-corrected chi connectivity index (χ3v) is 3.16. The number of nitrogens with zero attached hydrogens (tertiary/aromatic N) is 1. The van der Waals surface area contributed by atoms with Gasteiger partial charge in [-0.2, -0.15) is 0 Å². The Morgan fingerprint density at radius 3 is 2.69 bits per heavy atom. The van der Waals surface area contributed by atoms with Crippen LogP contribution in [-0.2, 0) is 15.0 Å². The molecule has 84 valence electrons. The molecule has 0 spiro atoms. The van der Waals surface area contributed by atoms with E-state index >= 15 is 0 Å². The number of primary amides is 1. The Labute approximate surface area is 94.0 Å². The molecule has 0 aliphatic carbocycles. The Hall–Kier alpha value is -1.84. The summed E-state index contributed by atoms with van der Waals surface area (Å²) in [5.41, 5.74) is 6.14. The molecule has 1 aliphatic rings. The third kappa shape index (κ3) is 1.30. The highest BCUT2D eigenvalue weighted by atomic mass is 16.2. The molecule has 0 saturated carbocycles. The lowest BCUT2D eigenvalue weighted by Crippen LogP contribution is -2.39. The zero-order chi connectivity index (χ0) is 11.9.